The van der Waals surface area contributed by atoms with Gasteiger partial charge in [0.15, 0.2) is 0 Å². The average molecular weight is 177 g/mol. The monoisotopic (exact) mass is 177 g/mol. The van der Waals surface area contributed by atoms with Gasteiger partial charge in [0.05, 0.1) is 0 Å². The fourth-order valence-electron chi connectivity index (χ4n) is 1.10. The maximum atomic E-state index is 3.99. The molecule has 0 fully saturated rings. The fraction of sp³-hybridized carbons (Fsp3) is 0.556. The van der Waals surface area contributed by atoms with E-state index < -0.39 is 0 Å². The summed E-state index contributed by atoms with van der Waals surface area (Å²) < 4.78 is 1.33. The molecule has 0 saturated heterocycles. The van der Waals surface area contributed by atoms with Crippen LogP contribution in [0.2, 0.25) is 0 Å². The Hall–Kier alpha value is -0.000519. The van der Waals surface area contributed by atoms with Crippen LogP contribution in [0, 0.1) is 0 Å². The SMILES string of the molecule is CCCCC1=[C]([Fe])CC=C1. The van der Waals surface area contributed by atoms with Gasteiger partial charge in [-0.25, -0.2) is 0 Å². The van der Waals surface area contributed by atoms with Crippen LogP contribution < -0.4 is 0 Å². The standard InChI is InChI=1S/C9H13.Fe/c1-2-3-6-9-7-4-5-8-9;/h4,7H,2-3,5-6H2,1H3;. The maximum absolute atomic E-state index is 3.99. The summed E-state index contributed by atoms with van der Waals surface area (Å²) in [5.74, 6) is 0. The van der Waals surface area contributed by atoms with Crippen LogP contribution in [0.25, 0.3) is 0 Å². The van der Waals surface area contributed by atoms with Crippen molar-refractivity contribution in [1.29, 1.82) is 0 Å². The van der Waals surface area contributed by atoms with Gasteiger partial charge in [-0.2, -0.15) is 0 Å². The molecule has 0 bridgehead atoms. The topological polar surface area (TPSA) is 0 Å². The number of hydrogen-bond acceptors (Lipinski definition) is 0. The van der Waals surface area contributed by atoms with E-state index in [-0.39, 0.29) is 0 Å². The molecule has 0 heterocycles. The van der Waals surface area contributed by atoms with Crippen molar-refractivity contribution >= 4 is 0 Å². The Bertz CT molecular complexity index is 166. The van der Waals surface area contributed by atoms with E-state index >= 15 is 0 Å². The summed E-state index contributed by atoms with van der Waals surface area (Å²) in [5, 5.41) is 0. The second-order valence-corrected chi connectivity index (χ2v) is 3.29. The molecule has 0 aromatic carbocycles. The summed E-state index contributed by atoms with van der Waals surface area (Å²) >= 11 is 3.99. The molecule has 1 aliphatic rings. The van der Waals surface area contributed by atoms with E-state index in [4.69, 9.17) is 0 Å². The van der Waals surface area contributed by atoms with Gasteiger partial charge in [0.25, 0.3) is 0 Å². The molecule has 0 saturated carbocycles. The third kappa shape index (κ3) is 2.00. The zero-order chi connectivity index (χ0) is 7.40. The Kier molecular flexibility index (Phi) is 3.24. The average Bonchev–Trinajstić information content (AvgIpc) is 2.31. The van der Waals surface area contributed by atoms with Crippen molar-refractivity contribution in [1.82, 2.24) is 0 Å². The van der Waals surface area contributed by atoms with Gasteiger partial charge in [-0.05, 0) is 0 Å². The number of allylic oxidation sites excluding steroid dienone is 4. The Labute approximate surface area is 71.2 Å². The molecule has 57 valence electrons. The number of hydrogen-bond donors (Lipinski definition) is 0. The van der Waals surface area contributed by atoms with Gasteiger partial charge in [-0.3, -0.25) is 0 Å². The van der Waals surface area contributed by atoms with Gasteiger partial charge in [0.2, 0.25) is 0 Å². The van der Waals surface area contributed by atoms with Crippen molar-refractivity contribution < 1.29 is 16.0 Å². The summed E-state index contributed by atoms with van der Waals surface area (Å²) in [6.07, 6.45) is 9.32. The Morgan fingerprint density at radius 3 is 2.90 bits per heavy atom. The van der Waals surface area contributed by atoms with E-state index in [1.165, 1.54) is 29.3 Å². The third-order valence-corrected chi connectivity index (χ3v) is 2.33. The van der Waals surface area contributed by atoms with Crippen molar-refractivity contribution in [3.63, 3.8) is 0 Å². The van der Waals surface area contributed by atoms with Crippen LogP contribution in [0.3, 0.4) is 0 Å². The Morgan fingerprint density at radius 2 is 2.40 bits per heavy atom. The fourth-order valence-corrected chi connectivity index (χ4v) is 1.46. The van der Waals surface area contributed by atoms with Crippen LogP contribution in [0.1, 0.15) is 32.6 Å². The molecule has 0 aromatic rings. The predicted octanol–water partition coefficient (Wildman–Crippen LogP) is 2.94. The summed E-state index contributed by atoms with van der Waals surface area (Å²) in [6, 6.07) is 0. The number of rotatable bonds is 3. The molecule has 0 radical (unpaired) electrons. The van der Waals surface area contributed by atoms with E-state index in [0.717, 1.165) is 6.42 Å². The molecule has 0 N–H and O–H groups in total. The molecule has 0 unspecified atom stereocenters. The summed E-state index contributed by atoms with van der Waals surface area (Å²) in [4.78, 5) is 0. The van der Waals surface area contributed by atoms with E-state index in [1.807, 2.05) is 0 Å². The first kappa shape index (κ1) is 8.10. The van der Waals surface area contributed by atoms with Crippen LogP contribution in [0.5, 0.6) is 0 Å². The summed E-state index contributed by atoms with van der Waals surface area (Å²) in [7, 11) is 0. The third-order valence-electron chi connectivity index (χ3n) is 1.75. The van der Waals surface area contributed by atoms with Gasteiger partial charge < -0.3 is 0 Å². The minimum atomic E-state index is 1.08. The van der Waals surface area contributed by atoms with Gasteiger partial charge >= 0.3 is 70.8 Å². The molecule has 0 amide bonds. The zero-order valence-electron chi connectivity index (χ0n) is 6.34. The van der Waals surface area contributed by atoms with Crippen LogP contribution in [0.15, 0.2) is 22.2 Å². The van der Waals surface area contributed by atoms with Crippen molar-refractivity contribution in [3.05, 3.63) is 22.2 Å². The molecular formula is C9H13Fe. The molecule has 0 spiro atoms. The van der Waals surface area contributed by atoms with Gasteiger partial charge in [-0.1, -0.05) is 0 Å². The number of unbranched alkanes of at least 4 members (excludes halogenated alkanes) is 1. The van der Waals surface area contributed by atoms with Crippen LogP contribution in [0.4, 0.5) is 0 Å². The molecule has 0 aromatic heterocycles. The molecule has 0 atom stereocenters. The molecule has 1 heteroatoms. The van der Waals surface area contributed by atoms with Crippen LogP contribution >= 0.6 is 0 Å². The molecule has 1 rings (SSSR count). The van der Waals surface area contributed by atoms with Crippen molar-refractivity contribution in [2.75, 3.05) is 0 Å². The first-order chi connectivity index (χ1) is 4.84. The molecular weight excluding hydrogens is 164 g/mol. The molecule has 0 aliphatic heterocycles. The second kappa shape index (κ2) is 4.00. The van der Waals surface area contributed by atoms with Gasteiger partial charge in [0.1, 0.15) is 0 Å². The molecule has 10 heavy (non-hydrogen) atoms. The van der Waals surface area contributed by atoms with E-state index in [0.29, 0.717) is 0 Å². The second-order valence-electron chi connectivity index (χ2n) is 2.63. The van der Waals surface area contributed by atoms with Crippen molar-refractivity contribution in [2.45, 2.75) is 32.6 Å². The minimum absolute atomic E-state index is 1.08. The van der Waals surface area contributed by atoms with E-state index in [9.17, 15) is 0 Å². The van der Waals surface area contributed by atoms with Crippen LogP contribution in [-0.4, -0.2) is 0 Å². The van der Waals surface area contributed by atoms with Gasteiger partial charge in [-0.15, -0.1) is 0 Å². The Balaban J connectivity index is 2.38. The van der Waals surface area contributed by atoms with Crippen molar-refractivity contribution in [3.8, 4) is 0 Å². The quantitative estimate of drug-likeness (QED) is 0.581. The predicted molar refractivity (Wildman–Crippen MR) is 40.3 cm³/mol. The Morgan fingerprint density at radius 1 is 1.60 bits per heavy atom. The normalized spacial score (nSPS) is 17.0. The summed E-state index contributed by atoms with van der Waals surface area (Å²) in [5.41, 5.74) is 1.47. The van der Waals surface area contributed by atoms with Gasteiger partial charge in [0, 0.05) is 0 Å². The molecule has 1 aliphatic carbocycles. The van der Waals surface area contributed by atoms with Crippen molar-refractivity contribution in [2.24, 2.45) is 0 Å². The van der Waals surface area contributed by atoms with E-state index in [2.05, 4.69) is 35.1 Å². The van der Waals surface area contributed by atoms with E-state index in [1.54, 1.807) is 0 Å². The zero-order valence-corrected chi connectivity index (χ0v) is 7.44. The summed E-state index contributed by atoms with van der Waals surface area (Å²) in [6.45, 7) is 2.22. The first-order valence-electron chi connectivity index (χ1n) is 3.87. The van der Waals surface area contributed by atoms with Crippen LogP contribution in [-0.2, 0) is 16.0 Å². The molecule has 0 nitrogen and oxygen atoms in total. The first-order valence-corrected chi connectivity index (χ1v) is 4.42.